The third-order valence-corrected chi connectivity index (χ3v) is 8.76. The number of rotatable bonds is 1. The van der Waals surface area contributed by atoms with Gasteiger partial charge in [-0.1, -0.05) is 6.07 Å². The van der Waals surface area contributed by atoms with Gasteiger partial charge in [0.25, 0.3) is 11.8 Å². The van der Waals surface area contributed by atoms with Crippen LogP contribution in [0.15, 0.2) is 34.8 Å². The average molecular weight is 550 g/mol. The number of likely N-dealkylation sites (N-methyl/N-ethyl adjacent to an activating group) is 1. The summed E-state index contributed by atoms with van der Waals surface area (Å²) in [7, 11) is 0.992. The molecule has 1 aliphatic heterocycles. The Morgan fingerprint density at radius 1 is 1.13 bits per heavy atom. The molecule has 0 saturated carbocycles. The minimum Gasteiger partial charge on any atom is -0.511 e. The SMILES string of the molecule is CN1C(F)C(F)(F)CCC(C)(N)Cc2ccc(O)c3c2CC2CC4C(C(=O)C(C(N)=O)=C(O)[C@H]41)C(O)=C2C3=O. The predicted octanol–water partition coefficient (Wildman–Crippen LogP) is 2.36. The monoisotopic (exact) mass is 549 g/mol. The predicted molar refractivity (Wildman–Crippen MR) is 132 cm³/mol. The quantitative estimate of drug-likeness (QED) is 0.263. The number of hydrogen-bond donors (Lipinski definition) is 5. The molecule has 0 radical (unpaired) electrons. The fourth-order valence-corrected chi connectivity index (χ4v) is 6.90. The Morgan fingerprint density at radius 3 is 2.44 bits per heavy atom. The van der Waals surface area contributed by atoms with Crippen molar-refractivity contribution in [2.24, 2.45) is 29.2 Å². The first-order valence-electron chi connectivity index (χ1n) is 12.7. The van der Waals surface area contributed by atoms with Gasteiger partial charge in [0, 0.05) is 17.5 Å². The molecular weight excluding hydrogens is 519 g/mol. The van der Waals surface area contributed by atoms with Crippen LogP contribution in [0.4, 0.5) is 13.2 Å². The zero-order valence-electron chi connectivity index (χ0n) is 21.4. The zero-order valence-corrected chi connectivity index (χ0v) is 21.4. The van der Waals surface area contributed by atoms with Crippen LogP contribution >= 0.6 is 0 Å². The molecule has 5 unspecified atom stereocenters. The fraction of sp³-hybridized carbons (Fsp3) is 0.519. The van der Waals surface area contributed by atoms with Crippen LogP contribution in [0.25, 0.3) is 0 Å². The number of primary amides is 1. The molecule has 0 aromatic heterocycles. The molecule has 1 heterocycles. The maximum Gasteiger partial charge on any atom is 0.292 e. The molecule has 0 saturated heterocycles. The van der Waals surface area contributed by atoms with Crippen LogP contribution in [-0.2, 0) is 22.4 Å². The largest absolute Gasteiger partial charge is 0.511 e. The van der Waals surface area contributed by atoms with Crippen LogP contribution in [0.2, 0.25) is 0 Å². The van der Waals surface area contributed by atoms with Gasteiger partial charge in [0.15, 0.2) is 11.6 Å². The second-order valence-corrected chi connectivity index (χ2v) is 11.5. The van der Waals surface area contributed by atoms with Gasteiger partial charge in [-0.2, -0.15) is 0 Å². The van der Waals surface area contributed by atoms with Crippen molar-refractivity contribution in [2.75, 3.05) is 7.05 Å². The third kappa shape index (κ3) is 4.03. The molecule has 3 bridgehead atoms. The molecule has 0 fully saturated rings. The highest BCUT2D eigenvalue weighted by atomic mass is 19.3. The Bertz CT molecular complexity index is 1370. The molecule has 1 aromatic rings. The third-order valence-electron chi connectivity index (χ3n) is 8.76. The fourth-order valence-electron chi connectivity index (χ4n) is 6.90. The van der Waals surface area contributed by atoms with E-state index in [1.807, 2.05) is 0 Å². The number of aromatic hydroxyl groups is 1. The summed E-state index contributed by atoms with van der Waals surface area (Å²) in [4.78, 5) is 39.8. The minimum absolute atomic E-state index is 0.0577. The number of benzene rings is 1. The maximum atomic E-state index is 15.6. The van der Waals surface area contributed by atoms with Crippen LogP contribution in [0.3, 0.4) is 0 Å². The van der Waals surface area contributed by atoms with Gasteiger partial charge in [-0.05, 0) is 68.7 Å². The summed E-state index contributed by atoms with van der Waals surface area (Å²) in [6.07, 6.45) is -4.12. The van der Waals surface area contributed by atoms with Crippen LogP contribution in [0.5, 0.6) is 5.75 Å². The smallest absolute Gasteiger partial charge is 0.292 e. The Labute approximate surface area is 221 Å². The molecule has 12 heteroatoms. The molecule has 3 aliphatic carbocycles. The van der Waals surface area contributed by atoms with Gasteiger partial charge in [0.2, 0.25) is 6.30 Å². The highest BCUT2D eigenvalue weighted by Gasteiger charge is 2.57. The second kappa shape index (κ2) is 8.82. The van der Waals surface area contributed by atoms with E-state index in [2.05, 4.69) is 0 Å². The highest BCUT2D eigenvalue weighted by Crippen LogP contribution is 2.52. The van der Waals surface area contributed by atoms with Crippen molar-refractivity contribution < 1.29 is 42.9 Å². The van der Waals surface area contributed by atoms with E-state index in [0.717, 1.165) is 7.05 Å². The zero-order chi connectivity index (χ0) is 28.8. The number of ketones is 2. The van der Waals surface area contributed by atoms with Crippen molar-refractivity contribution in [3.8, 4) is 5.75 Å². The number of alkyl halides is 3. The Balaban J connectivity index is 1.79. The number of halogens is 3. The van der Waals surface area contributed by atoms with Gasteiger partial charge >= 0.3 is 0 Å². The van der Waals surface area contributed by atoms with Gasteiger partial charge in [-0.25, -0.2) is 13.2 Å². The van der Waals surface area contributed by atoms with Gasteiger partial charge in [-0.3, -0.25) is 19.3 Å². The number of aliphatic hydroxyl groups excluding tert-OH is 2. The van der Waals surface area contributed by atoms with E-state index >= 15 is 13.2 Å². The normalized spacial score (nSPS) is 34.8. The Morgan fingerprint density at radius 2 is 1.79 bits per heavy atom. The summed E-state index contributed by atoms with van der Waals surface area (Å²) in [6.45, 7) is 1.54. The van der Waals surface area contributed by atoms with Gasteiger partial charge in [0.05, 0.1) is 17.5 Å². The van der Waals surface area contributed by atoms with E-state index < -0.39 is 82.5 Å². The molecule has 7 N–H and O–H groups in total. The van der Waals surface area contributed by atoms with E-state index in [1.165, 1.54) is 13.0 Å². The van der Waals surface area contributed by atoms with E-state index in [-0.39, 0.29) is 42.6 Å². The lowest BCUT2D eigenvalue weighted by atomic mass is 9.60. The molecule has 0 spiro atoms. The maximum absolute atomic E-state index is 15.6. The first-order valence-corrected chi connectivity index (χ1v) is 12.7. The van der Waals surface area contributed by atoms with E-state index in [9.17, 15) is 29.7 Å². The second-order valence-electron chi connectivity index (χ2n) is 11.5. The number of nitrogens with zero attached hydrogens (tertiary/aromatic N) is 1. The van der Waals surface area contributed by atoms with Crippen molar-refractivity contribution in [2.45, 2.75) is 62.8 Å². The highest BCUT2D eigenvalue weighted by molar-refractivity contribution is 6.22. The number of hydrogen-bond acceptors (Lipinski definition) is 8. The van der Waals surface area contributed by atoms with Crippen molar-refractivity contribution in [1.82, 2.24) is 4.90 Å². The molecule has 9 nitrogen and oxygen atoms in total. The van der Waals surface area contributed by atoms with Crippen molar-refractivity contribution >= 4 is 17.5 Å². The van der Waals surface area contributed by atoms with E-state index in [0.29, 0.717) is 16.0 Å². The minimum atomic E-state index is -3.95. The van der Waals surface area contributed by atoms with Crippen molar-refractivity contribution in [3.05, 3.63) is 51.5 Å². The Kier molecular flexibility index (Phi) is 6.15. The first kappa shape index (κ1) is 27.2. The number of aliphatic hydroxyl groups is 2. The van der Waals surface area contributed by atoms with Crippen molar-refractivity contribution in [3.63, 3.8) is 0 Å². The Hall–Kier alpha value is -3.38. The number of nitrogens with two attached hydrogens (primary N) is 2. The summed E-state index contributed by atoms with van der Waals surface area (Å²) in [5.41, 5.74) is 10.3. The molecule has 4 aliphatic rings. The van der Waals surface area contributed by atoms with Gasteiger partial charge in [0.1, 0.15) is 22.8 Å². The number of amides is 1. The number of phenolic OH excluding ortho intramolecular Hbond substituents is 1. The van der Waals surface area contributed by atoms with Crippen LogP contribution < -0.4 is 11.5 Å². The molecule has 6 atom stereocenters. The summed E-state index contributed by atoms with van der Waals surface area (Å²) in [5, 5.41) is 32.9. The number of carbonyl (C=O) groups is 3. The summed E-state index contributed by atoms with van der Waals surface area (Å²) in [5.74, 6) is -12.7. The van der Waals surface area contributed by atoms with Gasteiger partial charge in [-0.15, -0.1) is 0 Å². The molecule has 210 valence electrons. The summed E-state index contributed by atoms with van der Waals surface area (Å²) < 4.78 is 46.1. The van der Waals surface area contributed by atoms with Crippen LogP contribution in [-0.4, -0.2) is 68.5 Å². The number of allylic oxidation sites excluding steroid dienone is 2. The van der Waals surface area contributed by atoms with Crippen LogP contribution in [0.1, 0.15) is 47.7 Å². The summed E-state index contributed by atoms with van der Waals surface area (Å²) >= 11 is 0. The lowest BCUT2D eigenvalue weighted by Crippen LogP contribution is -2.58. The molecular formula is C27H30F3N3O6. The number of Topliss-reactive ketones (excluding diaryl/α,β-unsaturated/α-hetero) is 2. The molecule has 39 heavy (non-hydrogen) atoms. The lowest BCUT2D eigenvalue weighted by Gasteiger charge is -2.48. The summed E-state index contributed by atoms with van der Waals surface area (Å²) in [6, 6.07) is 1.21. The van der Waals surface area contributed by atoms with Gasteiger partial charge < -0.3 is 26.8 Å². The number of carbonyl (C=O) groups excluding carboxylic acids is 3. The molecule has 5 rings (SSSR count). The molecule has 1 aromatic carbocycles. The first-order chi connectivity index (χ1) is 18.1. The number of phenols is 1. The topological polar surface area (TPSA) is 167 Å². The van der Waals surface area contributed by atoms with E-state index in [4.69, 9.17) is 11.5 Å². The van der Waals surface area contributed by atoms with Crippen molar-refractivity contribution in [1.29, 1.82) is 0 Å². The standard InChI is InChI=1S/C27H30F3N3O6/c1-26(32)5-6-27(29,30)25(28)33(2)19-13-8-11-7-12-10(9-26)3-4-14(34)16(12)20(35)15(11)21(36)17(13)22(37)18(23(19)38)24(31)39/h3-4,11,13,17,19,25,34,36,38H,5-9,32H2,1-2H3,(H2,31,39)/t11?,13?,17?,19-,25?,26?/m0/s1. The van der Waals surface area contributed by atoms with E-state index in [1.54, 1.807) is 6.07 Å². The molecule has 1 amide bonds. The van der Waals surface area contributed by atoms with Crippen LogP contribution in [0, 0.1) is 17.8 Å². The lowest BCUT2D eigenvalue weighted by molar-refractivity contribution is -0.157. The average Bonchev–Trinajstić information content (AvgIpc) is 2.83.